The molecule has 0 bridgehead atoms. The molecule has 0 spiro atoms. The Morgan fingerprint density at radius 3 is 2.72 bits per heavy atom. The molecule has 3 aromatic heterocycles. The van der Waals surface area contributed by atoms with Crippen molar-refractivity contribution < 1.29 is 18.8 Å². The topological polar surface area (TPSA) is 167 Å². The Morgan fingerprint density at radius 2 is 1.94 bits per heavy atom. The summed E-state index contributed by atoms with van der Waals surface area (Å²) in [7, 11) is 0. The summed E-state index contributed by atoms with van der Waals surface area (Å²) in [4.78, 5) is 15.6. The number of aromatic nitrogens is 5. The standard InChI is InChI=1S/C35H46N10O4S/c1-35(2,3)30(36)18-31(38-23-19-37-43(20-23)16-17-48-50-4)40-33(47)39-28-12-13-29(27-10-6-5-9-26(27)28)49-25-11-14-32-41-42-34(45(32)21-25)44-15-7-8-24(44)22-46/h5-6,9-11,14,18-21,24,28-29,36,38,46H,7-8,12-13,15-17,22H2,1-4H3,(H2,39,40,47)/b31-18+,36-30?/t24?,28?,29-/m1/s1. The highest BCUT2D eigenvalue weighted by molar-refractivity contribution is 7.93. The van der Waals surface area contributed by atoms with Gasteiger partial charge in [-0.2, -0.15) is 5.10 Å². The minimum Gasteiger partial charge on any atom is -0.484 e. The van der Waals surface area contributed by atoms with E-state index in [2.05, 4.69) is 36.1 Å². The van der Waals surface area contributed by atoms with E-state index in [9.17, 15) is 9.90 Å². The number of allylic oxidation sites excluding steroid dienone is 1. The van der Waals surface area contributed by atoms with Gasteiger partial charge in [0.2, 0.25) is 5.95 Å². The van der Waals surface area contributed by atoms with Crippen LogP contribution in [0, 0.1) is 10.8 Å². The zero-order valence-electron chi connectivity index (χ0n) is 28.9. The Balaban J connectivity index is 1.15. The first kappa shape index (κ1) is 35.2. The van der Waals surface area contributed by atoms with Gasteiger partial charge < -0.3 is 35.0 Å². The third-order valence-corrected chi connectivity index (χ3v) is 9.40. The summed E-state index contributed by atoms with van der Waals surface area (Å²) in [6, 6.07) is 11.2. The Kier molecular flexibility index (Phi) is 10.9. The molecule has 1 fully saturated rings. The number of aliphatic hydroxyl groups is 1. The molecule has 15 heteroatoms. The molecular weight excluding hydrogens is 657 g/mol. The van der Waals surface area contributed by atoms with Gasteiger partial charge in [0.15, 0.2) is 5.65 Å². The van der Waals surface area contributed by atoms with Gasteiger partial charge >= 0.3 is 6.03 Å². The van der Waals surface area contributed by atoms with E-state index in [1.165, 1.54) is 12.0 Å². The summed E-state index contributed by atoms with van der Waals surface area (Å²) < 4.78 is 15.6. The second-order valence-corrected chi connectivity index (χ2v) is 14.1. The summed E-state index contributed by atoms with van der Waals surface area (Å²) in [6.45, 7) is 7.85. The molecule has 0 saturated carbocycles. The zero-order valence-corrected chi connectivity index (χ0v) is 29.7. The predicted molar refractivity (Wildman–Crippen MR) is 194 cm³/mol. The van der Waals surface area contributed by atoms with Crippen LogP contribution in [-0.4, -0.2) is 73.3 Å². The molecule has 1 aromatic carbocycles. The largest absolute Gasteiger partial charge is 0.484 e. The van der Waals surface area contributed by atoms with Crippen LogP contribution in [0.25, 0.3) is 5.65 Å². The Labute approximate surface area is 296 Å². The monoisotopic (exact) mass is 702 g/mol. The Hall–Kier alpha value is -4.60. The number of amides is 2. The van der Waals surface area contributed by atoms with Crippen molar-refractivity contribution in [2.24, 2.45) is 5.41 Å². The van der Waals surface area contributed by atoms with Crippen LogP contribution in [0.15, 0.2) is 66.9 Å². The minimum atomic E-state index is -0.418. The van der Waals surface area contributed by atoms with Crippen LogP contribution in [0.1, 0.15) is 69.7 Å². The third-order valence-electron chi connectivity index (χ3n) is 9.00. The maximum absolute atomic E-state index is 13.5. The van der Waals surface area contributed by atoms with E-state index in [1.54, 1.807) is 17.0 Å². The molecule has 2 amide bonds. The minimum absolute atomic E-state index is 0.0287. The van der Waals surface area contributed by atoms with Gasteiger partial charge in [-0.15, -0.1) is 10.2 Å². The van der Waals surface area contributed by atoms with Gasteiger partial charge in [-0.1, -0.05) is 45.0 Å². The molecule has 4 heterocycles. The lowest BCUT2D eigenvalue weighted by Gasteiger charge is -2.32. The van der Waals surface area contributed by atoms with Crippen LogP contribution in [0.3, 0.4) is 0 Å². The molecule has 1 saturated heterocycles. The van der Waals surface area contributed by atoms with E-state index >= 15 is 0 Å². The van der Waals surface area contributed by atoms with Crippen molar-refractivity contribution in [1.29, 1.82) is 5.41 Å². The number of rotatable bonds is 13. The average Bonchev–Trinajstić information content (AvgIpc) is 3.85. The van der Waals surface area contributed by atoms with Gasteiger partial charge in [-0.3, -0.25) is 14.4 Å². The van der Waals surface area contributed by atoms with Crippen molar-refractivity contribution in [3.8, 4) is 5.75 Å². The highest BCUT2D eigenvalue weighted by atomic mass is 32.2. The van der Waals surface area contributed by atoms with Gasteiger partial charge in [0, 0.05) is 36.2 Å². The molecule has 0 radical (unpaired) electrons. The van der Waals surface area contributed by atoms with Gasteiger partial charge in [0.1, 0.15) is 17.7 Å². The first-order valence-electron chi connectivity index (χ1n) is 16.9. The van der Waals surface area contributed by atoms with Crippen molar-refractivity contribution in [3.05, 3.63) is 78.0 Å². The van der Waals surface area contributed by atoms with Gasteiger partial charge in [-0.05, 0) is 61.0 Å². The van der Waals surface area contributed by atoms with Gasteiger partial charge in [0.05, 0.1) is 49.9 Å². The lowest BCUT2D eigenvalue weighted by molar-refractivity contribution is 0.171. The number of benzene rings is 1. The van der Waals surface area contributed by atoms with E-state index in [0.29, 0.717) is 60.6 Å². The normalized spacial score (nSPS) is 19.3. The number of urea groups is 1. The number of hydrogen-bond donors (Lipinski definition) is 5. The van der Waals surface area contributed by atoms with Gasteiger partial charge in [-0.25, -0.2) is 4.79 Å². The fourth-order valence-electron chi connectivity index (χ4n) is 6.30. The number of ether oxygens (including phenoxy) is 1. The predicted octanol–water partition coefficient (Wildman–Crippen LogP) is 5.46. The summed E-state index contributed by atoms with van der Waals surface area (Å²) in [5.74, 6) is 1.76. The molecule has 3 atom stereocenters. The number of fused-ring (bicyclic) bond motifs is 2. The molecule has 1 aliphatic heterocycles. The number of carbonyl (C=O) groups is 1. The van der Waals surface area contributed by atoms with Crippen LogP contribution < -0.4 is 25.6 Å². The highest BCUT2D eigenvalue weighted by Gasteiger charge is 2.31. The van der Waals surface area contributed by atoms with Crippen molar-refractivity contribution >= 4 is 41.1 Å². The second kappa shape index (κ2) is 15.5. The first-order chi connectivity index (χ1) is 24.1. The summed E-state index contributed by atoms with van der Waals surface area (Å²) >= 11 is 1.31. The van der Waals surface area contributed by atoms with Crippen LogP contribution in [0.4, 0.5) is 16.4 Å². The molecule has 4 aromatic rings. The average molecular weight is 703 g/mol. The Morgan fingerprint density at radius 1 is 1.12 bits per heavy atom. The molecule has 5 N–H and O–H groups in total. The van der Waals surface area contributed by atoms with E-state index in [-0.39, 0.29) is 30.8 Å². The maximum atomic E-state index is 13.5. The number of aliphatic hydroxyl groups excluding tert-OH is 1. The fourth-order valence-corrected chi connectivity index (χ4v) is 6.54. The molecule has 266 valence electrons. The molecular formula is C35H46N10O4S. The molecule has 1 aliphatic carbocycles. The van der Waals surface area contributed by atoms with Crippen LogP contribution >= 0.6 is 12.0 Å². The second-order valence-electron chi connectivity index (χ2n) is 13.6. The van der Waals surface area contributed by atoms with Gasteiger partial charge in [0.25, 0.3) is 0 Å². The van der Waals surface area contributed by atoms with Crippen LogP contribution in [0.2, 0.25) is 0 Å². The lowest BCUT2D eigenvalue weighted by atomic mass is 9.85. The van der Waals surface area contributed by atoms with E-state index in [4.69, 9.17) is 14.3 Å². The van der Waals surface area contributed by atoms with Crippen molar-refractivity contribution in [2.75, 3.05) is 36.2 Å². The third kappa shape index (κ3) is 8.22. The summed E-state index contributed by atoms with van der Waals surface area (Å²) in [5, 5.41) is 40.9. The summed E-state index contributed by atoms with van der Waals surface area (Å²) in [6.07, 6.45) is 12.0. The molecule has 14 nitrogen and oxygen atoms in total. The van der Waals surface area contributed by atoms with Crippen LogP contribution in [-0.2, 0) is 10.7 Å². The van der Waals surface area contributed by atoms with E-state index < -0.39 is 5.41 Å². The SMILES string of the molecule is CSOCCn1cc(N/C(=C\C(=N)C(C)(C)C)NC(=O)NC2CC[C@@H](Oc3ccc4nnc(N5CCCC5CO)n4c3)c3ccccc32)cn1. The molecule has 6 rings (SSSR count). The number of anilines is 2. The van der Waals surface area contributed by atoms with Crippen LogP contribution in [0.5, 0.6) is 5.75 Å². The number of pyridine rings is 1. The molecule has 50 heavy (non-hydrogen) atoms. The van der Waals surface area contributed by atoms with Crippen molar-refractivity contribution in [2.45, 2.75) is 71.2 Å². The molecule has 2 aliphatic rings. The number of hydrogen-bond acceptors (Lipinski definition) is 11. The van der Waals surface area contributed by atoms with E-state index in [1.807, 2.05) is 80.2 Å². The number of nitrogens with zero attached hydrogens (tertiary/aromatic N) is 6. The van der Waals surface area contributed by atoms with E-state index in [0.717, 1.165) is 30.5 Å². The van der Waals surface area contributed by atoms with Crippen molar-refractivity contribution in [1.82, 2.24) is 35.0 Å². The lowest BCUT2D eigenvalue weighted by Crippen LogP contribution is -2.41. The first-order valence-corrected chi connectivity index (χ1v) is 18.1. The molecule has 2 unspecified atom stereocenters. The Bertz CT molecular complexity index is 1830. The zero-order chi connectivity index (χ0) is 35.3. The maximum Gasteiger partial charge on any atom is 0.320 e. The number of nitrogens with one attached hydrogen (secondary N) is 4. The highest BCUT2D eigenvalue weighted by Crippen LogP contribution is 2.39. The van der Waals surface area contributed by atoms with Crippen molar-refractivity contribution in [3.63, 3.8) is 0 Å². The summed E-state index contributed by atoms with van der Waals surface area (Å²) in [5.41, 5.74) is 3.32. The fraction of sp³-hybridized carbons (Fsp3) is 0.457. The smallest absolute Gasteiger partial charge is 0.320 e. The number of carbonyl (C=O) groups excluding carboxylic acids is 1. The quantitative estimate of drug-likeness (QED) is 0.0687.